The van der Waals surface area contributed by atoms with Gasteiger partial charge in [-0.3, -0.25) is 9.80 Å². The van der Waals surface area contributed by atoms with Crippen molar-refractivity contribution in [1.82, 2.24) is 29.7 Å². The molecule has 0 aromatic carbocycles. The number of anilines is 2. The molecule has 0 unspecified atom stereocenters. The highest BCUT2D eigenvalue weighted by Gasteiger charge is 2.37. The van der Waals surface area contributed by atoms with E-state index in [9.17, 15) is 0 Å². The first-order valence-electron chi connectivity index (χ1n) is 14.2. The monoisotopic (exact) mass is 636 g/mol. The molecule has 2 aromatic heterocycles. The van der Waals surface area contributed by atoms with Crippen molar-refractivity contribution in [1.29, 1.82) is 0 Å². The normalized spacial score (nSPS) is 24.9. The van der Waals surface area contributed by atoms with Crippen LogP contribution in [0, 0.1) is 11.8 Å². The van der Waals surface area contributed by atoms with Gasteiger partial charge in [-0.05, 0) is 113 Å². The van der Waals surface area contributed by atoms with Gasteiger partial charge in [0.1, 0.15) is 0 Å². The summed E-state index contributed by atoms with van der Waals surface area (Å²) in [6.07, 6.45) is 16.1. The van der Waals surface area contributed by atoms with E-state index in [-0.39, 0.29) is 49.6 Å². The number of aromatic nitrogens is 4. The van der Waals surface area contributed by atoms with Crippen LogP contribution in [0.4, 0.5) is 11.9 Å². The minimum Gasteiger partial charge on any atom is -0.368 e. The molecule has 0 bridgehead atoms. The molecule has 0 radical (unpaired) electrons. The summed E-state index contributed by atoms with van der Waals surface area (Å²) in [5.74, 6) is 2.39. The lowest BCUT2D eigenvalue weighted by atomic mass is 9.77. The minimum absolute atomic E-state index is 0. The third-order valence-electron chi connectivity index (χ3n) is 8.80. The quantitative estimate of drug-likeness (QED) is 0.483. The molecule has 4 N–H and O–H groups in total. The highest BCUT2D eigenvalue weighted by molar-refractivity contribution is 5.86. The maximum absolute atomic E-state index is 5.69. The first-order chi connectivity index (χ1) is 17.6. The second-order valence-corrected chi connectivity index (χ2v) is 11.2. The Kier molecular flexibility index (Phi) is 15.7. The summed E-state index contributed by atoms with van der Waals surface area (Å²) >= 11 is 0. The Morgan fingerprint density at radius 1 is 0.675 bits per heavy atom. The van der Waals surface area contributed by atoms with Crippen LogP contribution in [0.1, 0.15) is 74.9 Å². The van der Waals surface area contributed by atoms with Crippen LogP contribution in [0.15, 0.2) is 12.4 Å². The van der Waals surface area contributed by atoms with Crippen molar-refractivity contribution in [3.63, 3.8) is 0 Å². The van der Waals surface area contributed by atoms with E-state index in [2.05, 4.69) is 43.6 Å². The fourth-order valence-electron chi connectivity index (χ4n) is 7.18. The molecule has 228 valence electrons. The lowest BCUT2D eigenvalue weighted by Gasteiger charge is -2.44. The number of hydrogen-bond acceptors (Lipinski definition) is 8. The summed E-state index contributed by atoms with van der Waals surface area (Å²) in [5, 5.41) is 0. The Morgan fingerprint density at radius 2 is 1.07 bits per heavy atom. The first kappa shape index (κ1) is 36.9. The zero-order valence-electron chi connectivity index (χ0n) is 23.8. The molecule has 2 aliphatic heterocycles. The Labute approximate surface area is 264 Å². The van der Waals surface area contributed by atoms with Crippen molar-refractivity contribution in [3.8, 4) is 0 Å². The first-order valence-corrected chi connectivity index (χ1v) is 14.2. The summed E-state index contributed by atoms with van der Waals surface area (Å²) in [5.41, 5.74) is 16.4. The Hall–Kier alpha value is -1.16. The summed E-state index contributed by atoms with van der Waals surface area (Å²) in [6, 6.07) is 1.41. The van der Waals surface area contributed by atoms with Gasteiger partial charge in [0.15, 0.2) is 0 Å². The Morgan fingerprint density at radius 3 is 1.45 bits per heavy atom. The molecule has 2 aliphatic carbocycles. The van der Waals surface area contributed by atoms with Gasteiger partial charge in [0.2, 0.25) is 11.9 Å². The van der Waals surface area contributed by atoms with Crippen LogP contribution in [-0.2, 0) is 25.7 Å². The van der Waals surface area contributed by atoms with E-state index >= 15 is 0 Å². The van der Waals surface area contributed by atoms with Gasteiger partial charge in [0.05, 0.1) is 0 Å². The predicted octanol–water partition coefficient (Wildman–Crippen LogP) is 4.98. The maximum atomic E-state index is 5.69. The number of hydrogen-bond donors (Lipinski definition) is 2. The van der Waals surface area contributed by atoms with Crippen molar-refractivity contribution in [3.05, 3.63) is 34.9 Å². The molecule has 4 atom stereocenters. The van der Waals surface area contributed by atoms with Gasteiger partial charge in [0.25, 0.3) is 0 Å². The number of nitrogen functional groups attached to an aromatic ring is 2. The molecule has 2 fully saturated rings. The second-order valence-electron chi connectivity index (χ2n) is 11.2. The molecule has 0 spiro atoms. The molecule has 40 heavy (non-hydrogen) atoms. The number of likely N-dealkylation sites (tertiary alicyclic amines) is 2. The third-order valence-corrected chi connectivity index (χ3v) is 8.80. The minimum atomic E-state index is 0. The van der Waals surface area contributed by atoms with Gasteiger partial charge < -0.3 is 11.5 Å². The highest BCUT2D eigenvalue weighted by Crippen LogP contribution is 2.35. The number of nitrogens with zero attached hydrogens (tertiary/aromatic N) is 6. The SMILES string of the molecule is CCCN1CCC[C@@H]2Cc3nc(N)ncc3C[C@H]21.CCCN1CCC[C@@H]2Cc3nc(N)ncc3C[C@H]21.Cl.Cl.Cl.Cl. The number of rotatable bonds is 4. The molecule has 6 rings (SSSR count). The topological polar surface area (TPSA) is 110 Å². The number of halogens is 4. The highest BCUT2D eigenvalue weighted by atomic mass is 35.5. The lowest BCUT2D eigenvalue weighted by molar-refractivity contribution is 0.0845. The second kappa shape index (κ2) is 17.1. The van der Waals surface area contributed by atoms with Crippen molar-refractivity contribution in [2.24, 2.45) is 11.8 Å². The molecule has 2 aromatic rings. The Balaban J connectivity index is 0.000000364. The molecule has 4 heterocycles. The third kappa shape index (κ3) is 8.45. The van der Waals surface area contributed by atoms with Gasteiger partial charge in [-0.2, -0.15) is 0 Å². The van der Waals surface area contributed by atoms with Gasteiger partial charge in [-0.1, -0.05) is 13.8 Å². The predicted molar refractivity (Wildman–Crippen MR) is 173 cm³/mol. The van der Waals surface area contributed by atoms with Gasteiger partial charge in [-0.25, -0.2) is 19.9 Å². The summed E-state index contributed by atoms with van der Waals surface area (Å²) in [6.45, 7) is 9.52. The average molecular weight is 639 g/mol. The van der Waals surface area contributed by atoms with E-state index in [4.69, 9.17) is 11.5 Å². The molecule has 12 heteroatoms. The van der Waals surface area contributed by atoms with Crippen molar-refractivity contribution < 1.29 is 0 Å². The Bertz CT molecular complexity index is 960. The molecule has 4 aliphatic rings. The maximum Gasteiger partial charge on any atom is 0.220 e. The van der Waals surface area contributed by atoms with Crippen LogP contribution in [0.2, 0.25) is 0 Å². The van der Waals surface area contributed by atoms with Crippen LogP contribution in [0.3, 0.4) is 0 Å². The van der Waals surface area contributed by atoms with Gasteiger partial charge in [0, 0.05) is 35.9 Å². The van der Waals surface area contributed by atoms with E-state index in [0.717, 1.165) is 37.5 Å². The smallest absolute Gasteiger partial charge is 0.220 e. The summed E-state index contributed by atoms with van der Waals surface area (Å²) in [4.78, 5) is 22.5. The van der Waals surface area contributed by atoms with E-state index in [0.29, 0.717) is 24.0 Å². The molecule has 8 nitrogen and oxygen atoms in total. The van der Waals surface area contributed by atoms with Crippen LogP contribution in [0.5, 0.6) is 0 Å². The van der Waals surface area contributed by atoms with Crippen LogP contribution < -0.4 is 11.5 Å². The summed E-state index contributed by atoms with van der Waals surface area (Å²) in [7, 11) is 0. The van der Waals surface area contributed by atoms with Crippen LogP contribution in [-0.4, -0.2) is 68.0 Å². The number of fused-ring (bicyclic) bond motifs is 4. The van der Waals surface area contributed by atoms with Crippen LogP contribution >= 0.6 is 49.6 Å². The van der Waals surface area contributed by atoms with E-state index in [1.54, 1.807) is 0 Å². The van der Waals surface area contributed by atoms with Gasteiger partial charge >= 0.3 is 0 Å². The van der Waals surface area contributed by atoms with E-state index < -0.39 is 0 Å². The molecule has 2 saturated heterocycles. The zero-order valence-corrected chi connectivity index (χ0v) is 27.1. The fourth-order valence-corrected chi connectivity index (χ4v) is 7.18. The molecular formula is C28H48Cl4N8. The van der Waals surface area contributed by atoms with Crippen LogP contribution in [0.25, 0.3) is 0 Å². The van der Waals surface area contributed by atoms with E-state index in [1.165, 1.54) is 87.2 Å². The molecular weight excluding hydrogens is 590 g/mol. The fraction of sp³-hybridized carbons (Fsp3) is 0.714. The van der Waals surface area contributed by atoms with E-state index in [1.807, 2.05) is 12.4 Å². The molecule has 0 amide bonds. The largest absolute Gasteiger partial charge is 0.368 e. The number of nitrogens with two attached hydrogens (primary N) is 2. The lowest BCUT2D eigenvalue weighted by Crippen LogP contribution is -2.49. The average Bonchev–Trinajstić information content (AvgIpc) is 2.87. The summed E-state index contributed by atoms with van der Waals surface area (Å²) < 4.78 is 0. The van der Waals surface area contributed by atoms with Crippen molar-refractivity contribution >= 4 is 61.5 Å². The standard InChI is InChI=1S/2C14H22N4.4ClH/c2*1-2-5-18-6-3-4-10-7-12-11(8-13(10)18)9-16-14(15)17-12;;;;/h2*9-10,13H,2-8H2,1H3,(H2,15,16,17);4*1H/t2*10-,13-;;;;/m11..../s1. The van der Waals surface area contributed by atoms with Crippen molar-refractivity contribution in [2.45, 2.75) is 90.1 Å². The zero-order chi connectivity index (χ0) is 25.1. The van der Waals surface area contributed by atoms with Gasteiger partial charge in [-0.15, -0.1) is 49.6 Å². The van der Waals surface area contributed by atoms with Crippen molar-refractivity contribution in [2.75, 3.05) is 37.6 Å². The number of piperidine rings is 2. The molecule has 0 saturated carbocycles.